The molecule has 0 N–H and O–H groups in total. The number of rotatable bonds is 10. The van der Waals surface area contributed by atoms with Crippen LogP contribution in [0.25, 0.3) is 0 Å². The van der Waals surface area contributed by atoms with Crippen molar-refractivity contribution in [1.29, 1.82) is 0 Å². The molecule has 0 aromatic heterocycles. The molecule has 0 aliphatic carbocycles. The highest BCUT2D eigenvalue weighted by Crippen LogP contribution is 2.10. The van der Waals surface area contributed by atoms with Crippen LogP contribution in [0.5, 0.6) is 0 Å². The molecule has 0 aliphatic heterocycles. The number of ether oxygens (including phenoxy) is 1. The highest BCUT2D eigenvalue weighted by Gasteiger charge is 2.04. The highest BCUT2D eigenvalue weighted by molar-refractivity contribution is 5.87. The lowest BCUT2D eigenvalue weighted by Crippen LogP contribution is -2.07. The van der Waals surface area contributed by atoms with E-state index in [4.69, 9.17) is 4.74 Å². The zero-order valence-corrected chi connectivity index (χ0v) is 11.8. The van der Waals surface area contributed by atoms with Gasteiger partial charge in [-0.3, -0.25) is 0 Å². The smallest absolute Gasteiger partial charge is 0.333 e. The molecule has 0 saturated carbocycles. The second-order valence-corrected chi connectivity index (χ2v) is 5.04. The lowest BCUT2D eigenvalue weighted by atomic mass is 10.0. The van der Waals surface area contributed by atoms with Crippen LogP contribution in [-0.4, -0.2) is 12.6 Å². The van der Waals surface area contributed by atoms with Crippen LogP contribution in [-0.2, 0) is 9.53 Å². The molecule has 0 unspecified atom stereocenters. The molecule has 2 nitrogen and oxygen atoms in total. The van der Waals surface area contributed by atoms with E-state index in [1.807, 2.05) is 6.92 Å². The van der Waals surface area contributed by atoms with Crippen molar-refractivity contribution in [3.05, 3.63) is 12.2 Å². The van der Waals surface area contributed by atoms with Gasteiger partial charge < -0.3 is 4.74 Å². The summed E-state index contributed by atoms with van der Waals surface area (Å²) in [5.74, 6) is 0.586. The van der Waals surface area contributed by atoms with E-state index in [2.05, 4.69) is 20.4 Å². The molecule has 0 rings (SSSR count). The van der Waals surface area contributed by atoms with Crippen molar-refractivity contribution in [2.75, 3.05) is 6.61 Å². The molecule has 0 aromatic rings. The highest BCUT2D eigenvalue weighted by atomic mass is 16.5. The molecule has 0 bridgehead atoms. The Morgan fingerprint density at radius 1 is 1.12 bits per heavy atom. The number of hydrogen-bond acceptors (Lipinski definition) is 2. The summed E-state index contributed by atoms with van der Waals surface area (Å²) in [6.07, 6.45) is 8.00. The molecule has 0 saturated heterocycles. The van der Waals surface area contributed by atoms with E-state index in [0.717, 1.165) is 18.8 Å². The number of carbonyl (C=O) groups excluding carboxylic acids is 1. The number of carbonyl (C=O) groups is 1. The maximum absolute atomic E-state index is 11.3. The molecular weight excluding hydrogens is 212 g/mol. The van der Waals surface area contributed by atoms with Crippen molar-refractivity contribution in [1.82, 2.24) is 0 Å². The average molecular weight is 240 g/mol. The third-order valence-corrected chi connectivity index (χ3v) is 2.87. The molecule has 0 heterocycles. The minimum Gasteiger partial charge on any atom is -0.462 e. The Hall–Kier alpha value is -0.790. The quantitative estimate of drug-likeness (QED) is 0.319. The van der Waals surface area contributed by atoms with Gasteiger partial charge in [0.2, 0.25) is 0 Å². The molecule has 0 amide bonds. The fourth-order valence-corrected chi connectivity index (χ4v) is 1.60. The van der Waals surface area contributed by atoms with Gasteiger partial charge in [0, 0.05) is 5.57 Å². The summed E-state index contributed by atoms with van der Waals surface area (Å²) >= 11 is 0. The van der Waals surface area contributed by atoms with Gasteiger partial charge >= 0.3 is 5.97 Å². The second-order valence-electron chi connectivity index (χ2n) is 5.04. The first kappa shape index (κ1) is 16.2. The number of hydrogen-bond donors (Lipinski definition) is 0. The second kappa shape index (κ2) is 10.4. The summed E-state index contributed by atoms with van der Waals surface area (Å²) < 4.78 is 5.10. The molecular formula is C15H28O2. The van der Waals surface area contributed by atoms with Crippen LogP contribution in [0.1, 0.15) is 65.7 Å². The summed E-state index contributed by atoms with van der Waals surface area (Å²) in [6.45, 7) is 10.6. The lowest BCUT2D eigenvalue weighted by molar-refractivity contribution is -0.139. The van der Waals surface area contributed by atoms with Gasteiger partial charge in [0.25, 0.3) is 0 Å². The van der Waals surface area contributed by atoms with E-state index >= 15 is 0 Å². The molecule has 2 heteroatoms. The summed E-state index contributed by atoms with van der Waals surface area (Å²) in [6, 6.07) is 0. The molecule has 17 heavy (non-hydrogen) atoms. The summed E-state index contributed by atoms with van der Waals surface area (Å²) in [7, 11) is 0. The zero-order valence-electron chi connectivity index (χ0n) is 11.8. The monoisotopic (exact) mass is 240 g/mol. The van der Waals surface area contributed by atoms with E-state index in [9.17, 15) is 4.79 Å². The number of unbranched alkanes of at least 4 members (excludes halogenated alkanes) is 4. The van der Waals surface area contributed by atoms with Crippen molar-refractivity contribution in [3.63, 3.8) is 0 Å². The van der Waals surface area contributed by atoms with Crippen molar-refractivity contribution < 1.29 is 9.53 Å². The van der Waals surface area contributed by atoms with Gasteiger partial charge in [-0.1, -0.05) is 59.5 Å². The minimum absolute atomic E-state index is 0.229. The first-order valence-corrected chi connectivity index (χ1v) is 6.92. The predicted octanol–water partition coefficient (Wildman–Crippen LogP) is 4.49. The molecule has 0 aliphatic rings. The molecule has 100 valence electrons. The maximum Gasteiger partial charge on any atom is 0.333 e. The first-order chi connectivity index (χ1) is 8.07. The van der Waals surface area contributed by atoms with Gasteiger partial charge in [-0.2, -0.15) is 0 Å². The van der Waals surface area contributed by atoms with Crippen molar-refractivity contribution in [3.8, 4) is 0 Å². The molecule has 0 radical (unpaired) electrons. The summed E-state index contributed by atoms with van der Waals surface area (Å²) in [5.41, 5.74) is 0.571. The van der Waals surface area contributed by atoms with Crippen molar-refractivity contribution in [2.24, 2.45) is 5.92 Å². The largest absolute Gasteiger partial charge is 0.462 e. The third-order valence-electron chi connectivity index (χ3n) is 2.87. The Kier molecular flexibility index (Phi) is 9.89. The normalized spacial score (nSPS) is 10.6. The van der Waals surface area contributed by atoms with E-state index in [1.54, 1.807) is 0 Å². The van der Waals surface area contributed by atoms with Gasteiger partial charge in [0.05, 0.1) is 6.61 Å². The summed E-state index contributed by atoms with van der Waals surface area (Å²) in [5, 5.41) is 0. The fourth-order valence-electron chi connectivity index (χ4n) is 1.60. The third kappa shape index (κ3) is 10.1. The first-order valence-electron chi connectivity index (χ1n) is 6.92. The Morgan fingerprint density at radius 3 is 2.29 bits per heavy atom. The molecule has 0 aromatic carbocycles. The predicted molar refractivity (Wildman–Crippen MR) is 72.9 cm³/mol. The van der Waals surface area contributed by atoms with Crippen LogP contribution < -0.4 is 0 Å². The molecule has 0 fully saturated rings. The van der Waals surface area contributed by atoms with E-state index in [-0.39, 0.29) is 5.97 Å². The van der Waals surface area contributed by atoms with Crippen LogP contribution in [0.15, 0.2) is 12.2 Å². The SMILES string of the molecule is C=C(CC)C(=O)OCCCCCCCC(C)C. The van der Waals surface area contributed by atoms with Gasteiger partial charge in [-0.25, -0.2) is 4.79 Å². The maximum atomic E-state index is 11.3. The van der Waals surface area contributed by atoms with Crippen LogP contribution in [0.3, 0.4) is 0 Å². The van der Waals surface area contributed by atoms with Gasteiger partial charge in [-0.05, 0) is 18.8 Å². The topological polar surface area (TPSA) is 26.3 Å². The Labute approximate surface area is 106 Å². The van der Waals surface area contributed by atoms with Gasteiger partial charge in [0.15, 0.2) is 0 Å². The van der Waals surface area contributed by atoms with E-state index < -0.39 is 0 Å². The van der Waals surface area contributed by atoms with Crippen molar-refractivity contribution >= 4 is 5.97 Å². The minimum atomic E-state index is -0.229. The van der Waals surface area contributed by atoms with E-state index in [1.165, 1.54) is 25.7 Å². The van der Waals surface area contributed by atoms with Crippen LogP contribution in [0, 0.1) is 5.92 Å². The zero-order chi connectivity index (χ0) is 13.1. The fraction of sp³-hybridized carbons (Fsp3) is 0.800. The Bertz CT molecular complexity index is 219. The molecule has 0 atom stereocenters. The van der Waals surface area contributed by atoms with Gasteiger partial charge in [-0.15, -0.1) is 0 Å². The van der Waals surface area contributed by atoms with E-state index in [0.29, 0.717) is 18.6 Å². The van der Waals surface area contributed by atoms with Crippen LogP contribution in [0.4, 0.5) is 0 Å². The standard InChI is InChI=1S/C15H28O2/c1-5-14(4)15(16)17-12-10-8-6-7-9-11-13(2)3/h13H,4-12H2,1-3H3. The van der Waals surface area contributed by atoms with Crippen LogP contribution >= 0.6 is 0 Å². The number of esters is 1. The van der Waals surface area contributed by atoms with Crippen molar-refractivity contribution in [2.45, 2.75) is 65.7 Å². The Balaban J connectivity index is 3.24. The Morgan fingerprint density at radius 2 is 1.71 bits per heavy atom. The van der Waals surface area contributed by atoms with Crippen LogP contribution in [0.2, 0.25) is 0 Å². The molecule has 0 spiro atoms. The average Bonchev–Trinajstić information content (AvgIpc) is 2.30. The lowest BCUT2D eigenvalue weighted by Gasteiger charge is -2.06. The van der Waals surface area contributed by atoms with Gasteiger partial charge in [0.1, 0.15) is 0 Å². The summed E-state index contributed by atoms with van der Waals surface area (Å²) in [4.78, 5) is 11.3.